The summed E-state index contributed by atoms with van der Waals surface area (Å²) in [5.41, 5.74) is 2.60. The molecule has 8 nitrogen and oxygen atoms in total. The number of alkyl halides is 3. The third kappa shape index (κ3) is 6.09. The van der Waals surface area contributed by atoms with Crippen molar-refractivity contribution in [3.05, 3.63) is 84.4 Å². The third-order valence-electron chi connectivity index (χ3n) is 6.37. The fourth-order valence-electron chi connectivity index (χ4n) is 4.39. The van der Waals surface area contributed by atoms with E-state index in [4.69, 9.17) is 4.74 Å². The van der Waals surface area contributed by atoms with Crippen LogP contribution in [0, 0.1) is 0 Å². The molecule has 0 aromatic heterocycles. The summed E-state index contributed by atoms with van der Waals surface area (Å²) < 4.78 is 71.8. The molecule has 0 atom stereocenters. The fraction of sp³-hybridized carbons (Fsp3) is 0.269. The minimum absolute atomic E-state index is 0.0147. The maximum Gasteiger partial charge on any atom is 0.573 e. The van der Waals surface area contributed by atoms with Crippen LogP contribution in [-0.2, 0) is 21.2 Å². The molecule has 0 saturated carbocycles. The van der Waals surface area contributed by atoms with Gasteiger partial charge in [0.05, 0.1) is 4.90 Å². The molecular weight excluding hydrogens is 525 g/mol. The number of rotatable bonds is 8. The summed E-state index contributed by atoms with van der Waals surface area (Å²) in [4.78, 5) is 14.7. The monoisotopic (exact) mass is 550 g/mol. The van der Waals surface area contributed by atoms with Crippen molar-refractivity contribution < 1.29 is 41.1 Å². The number of hydrogen-bond donors (Lipinski definition) is 2. The van der Waals surface area contributed by atoms with Gasteiger partial charge in [-0.1, -0.05) is 30.3 Å². The molecule has 1 fully saturated rings. The van der Waals surface area contributed by atoms with Crippen LogP contribution in [0.5, 0.6) is 17.2 Å². The predicted octanol–water partition coefficient (Wildman–Crippen LogP) is 4.69. The van der Waals surface area contributed by atoms with Crippen molar-refractivity contribution >= 4 is 15.7 Å². The zero-order valence-corrected chi connectivity index (χ0v) is 20.8. The van der Waals surface area contributed by atoms with Crippen LogP contribution >= 0.6 is 0 Å². The Hall–Kier alpha value is -3.61. The lowest BCUT2D eigenvalue weighted by atomic mass is 9.94. The Balaban J connectivity index is 1.48. The first-order chi connectivity index (χ1) is 18.0. The first kappa shape index (κ1) is 27.4. The fourth-order valence-corrected chi connectivity index (χ4v) is 6.35. The number of carbonyl (C=O) groups is 1. The van der Waals surface area contributed by atoms with Crippen molar-refractivity contribution in [1.82, 2.24) is 10.4 Å². The number of likely N-dealkylation sites (tertiary alicyclic amines) is 1. The number of hydroxylamine groups is 1. The van der Waals surface area contributed by atoms with Gasteiger partial charge in [0.1, 0.15) is 17.2 Å². The number of sulfone groups is 1. The zero-order chi connectivity index (χ0) is 27.4. The highest BCUT2D eigenvalue weighted by Gasteiger charge is 2.52. The number of amides is 1. The number of hydrogen-bond acceptors (Lipinski definition) is 7. The summed E-state index contributed by atoms with van der Waals surface area (Å²) in [7, 11) is -4.22. The van der Waals surface area contributed by atoms with Crippen molar-refractivity contribution in [2.45, 2.75) is 35.4 Å². The van der Waals surface area contributed by atoms with Gasteiger partial charge >= 0.3 is 6.36 Å². The normalized spacial score (nSPS) is 16.0. The van der Waals surface area contributed by atoms with Crippen LogP contribution in [0.3, 0.4) is 0 Å². The summed E-state index contributed by atoms with van der Waals surface area (Å²) in [6, 6.07) is 19.7. The first-order valence-electron chi connectivity index (χ1n) is 11.6. The van der Waals surface area contributed by atoms with E-state index in [-0.39, 0.29) is 29.2 Å². The maximum absolute atomic E-state index is 13.7. The molecule has 4 rings (SSSR count). The predicted molar refractivity (Wildman–Crippen MR) is 130 cm³/mol. The van der Waals surface area contributed by atoms with Crippen LogP contribution in [0.15, 0.2) is 83.8 Å². The number of nitrogens with one attached hydrogen (secondary N) is 1. The highest BCUT2D eigenvalue weighted by molar-refractivity contribution is 7.93. The largest absolute Gasteiger partial charge is 0.573 e. The minimum Gasteiger partial charge on any atom is -0.457 e. The summed E-state index contributed by atoms with van der Waals surface area (Å²) in [5.74, 6) is -0.962. The van der Waals surface area contributed by atoms with Crippen LogP contribution in [0.4, 0.5) is 13.2 Å². The number of nitrogens with zero attached hydrogens (tertiary/aromatic N) is 1. The third-order valence-corrected chi connectivity index (χ3v) is 8.88. The zero-order valence-electron chi connectivity index (χ0n) is 20.0. The average Bonchev–Trinajstić information content (AvgIpc) is 2.90. The Labute approximate surface area is 217 Å². The van der Waals surface area contributed by atoms with E-state index < -0.39 is 32.6 Å². The van der Waals surface area contributed by atoms with E-state index in [0.29, 0.717) is 19.6 Å². The van der Waals surface area contributed by atoms with Gasteiger partial charge in [-0.2, -0.15) is 0 Å². The van der Waals surface area contributed by atoms with Gasteiger partial charge in [-0.05, 0) is 66.9 Å². The molecule has 2 N–H and O–H groups in total. The van der Waals surface area contributed by atoms with Crippen molar-refractivity contribution in [2.75, 3.05) is 13.1 Å². The smallest absolute Gasteiger partial charge is 0.457 e. The Morgan fingerprint density at radius 3 is 1.95 bits per heavy atom. The molecule has 3 aromatic rings. The van der Waals surface area contributed by atoms with E-state index in [2.05, 4.69) is 9.64 Å². The summed E-state index contributed by atoms with van der Waals surface area (Å²) >= 11 is 0. The number of carbonyl (C=O) groups excluding carboxylic acids is 1. The molecular formula is C26H25F3N2O6S. The molecule has 0 spiro atoms. The topological polar surface area (TPSA) is 105 Å². The van der Waals surface area contributed by atoms with E-state index in [9.17, 15) is 31.6 Å². The molecule has 0 radical (unpaired) electrons. The second-order valence-corrected chi connectivity index (χ2v) is 11.1. The number of piperidine rings is 1. The van der Waals surface area contributed by atoms with Gasteiger partial charge in [-0.3, -0.25) is 14.9 Å². The average molecular weight is 551 g/mol. The number of ether oxygens (including phenoxy) is 2. The van der Waals surface area contributed by atoms with Gasteiger partial charge in [-0.15, -0.1) is 13.2 Å². The van der Waals surface area contributed by atoms with Gasteiger partial charge in [0.15, 0.2) is 14.6 Å². The molecule has 202 valence electrons. The Morgan fingerprint density at radius 1 is 0.895 bits per heavy atom. The van der Waals surface area contributed by atoms with Gasteiger partial charge in [-0.25, -0.2) is 13.9 Å². The molecule has 1 saturated heterocycles. The van der Waals surface area contributed by atoms with Crippen LogP contribution in [0.1, 0.15) is 18.4 Å². The summed E-state index contributed by atoms with van der Waals surface area (Å²) in [5, 5.41) is 9.38. The van der Waals surface area contributed by atoms with Gasteiger partial charge in [0.2, 0.25) is 0 Å². The van der Waals surface area contributed by atoms with Crippen LogP contribution in [-0.4, -0.2) is 48.6 Å². The molecule has 12 heteroatoms. The van der Waals surface area contributed by atoms with Crippen LogP contribution < -0.4 is 15.0 Å². The molecule has 38 heavy (non-hydrogen) atoms. The highest BCUT2D eigenvalue weighted by Crippen LogP contribution is 2.37. The summed E-state index contributed by atoms with van der Waals surface area (Å²) in [6.45, 7) is 1.26. The molecule has 1 amide bonds. The van der Waals surface area contributed by atoms with Crippen molar-refractivity contribution in [3.8, 4) is 17.2 Å². The molecule has 3 aromatic carbocycles. The van der Waals surface area contributed by atoms with E-state index in [0.717, 1.165) is 17.7 Å². The lowest BCUT2D eigenvalue weighted by Crippen LogP contribution is -2.57. The number of halogens is 3. The van der Waals surface area contributed by atoms with Gasteiger partial charge < -0.3 is 9.47 Å². The Morgan fingerprint density at radius 2 is 1.42 bits per heavy atom. The number of benzene rings is 3. The molecule has 1 aliphatic rings. The summed E-state index contributed by atoms with van der Waals surface area (Å²) in [6.07, 6.45) is -4.84. The first-order valence-corrected chi connectivity index (χ1v) is 13.1. The Kier molecular flexibility index (Phi) is 7.95. The highest BCUT2D eigenvalue weighted by atomic mass is 32.2. The SMILES string of the molecule is O=C(NO)C1(S(=O)(=O)c2ccc(Oc3ccc(OC(F)(F)F)cc3)cc2)CCN(Cc2ccccc2)CC1. The van der Waals surface area contributed by atoms with E-state index in [1.165, 1.54) is 41.9 Å². The quantitative estimate of drug-likeness (QED) is 0.310. The van der Waals surface area contributed by atoms with Gasteiger partial charge in [0.25, 0.3) is 5.91 Å². The van der Waals surface area contributed by atoms with Crippen molar-refractivity contribution in [1.29, 1.82) is 0 Å². The molecule has 1 heterocycles. The molecule has 0 aliphatic carbocycles. The van der Waals surface area contributed by atoms with Crippen molar-refractivity contribution in [2.24, 2.45) is 0 Å². The lowest BCUT2D eigenvalue weighted by Gasteiger charge is -2.39. The van der Waals surface area contributed by atoms with Crippen molar-refractivity contribution in [3.63, 3.8) is 0 Å². The van der Waals surface area contributed by atoms with E-state index in [1.54, 1.807) is 0 Å². The molecule has 0 bridgehead atoms. The molecule has 0 unspecified atom stereocenters. The minimum atomic E-state index is -4.81. The lowest BCUT2D eigenvalue weighted by molar-refractivity contribution is -0.274. The maximum atomic E-state index is 13.7. The van der Waals surface area contributed by atoms with Crippen LogP contribution in [0.25, 0.3) is 0 Å². The Bertz CT molecular complexity index is 1340. The van der Waals surface area contributed by atoms with E-state index in [1.807, 2.05) is 30.3 Å². The molecule has 1 aliphatic heterocycles. The second-order valence-electron chi connectivity index (χ2n) is 8.79. The second kappa shape index (κ2) is 11.0. The van der Waals surface area contributed by atoms with Crippen LogP contribution in [0.2, 0.25) is 0 Å². The van der Waals surface area contributed by atoms with Gasteiger partial charge in [0, 0.05) is 19.6 Å². The standard InChI is InChI=1S/C26H25F3N2O6S/c27-26(28,29)37-22-8-6-20(7-9-22)36-21-10-12-23(13-11-21)38(34,35)25(24(32)30-33)14-16-31(17-15-25)18-19-4-2-1-3-5-19/h1-13,33H,14-18H2,(H,30,32). The van der Waals surface area contributed by atoms with E-state index >= 15 is 0 Å².